The monoisotopic (exact) mass is 897 g/mol. The summed E-state index contributed by atoms with van der Waals surface area (Å²) in [5.41, 5.74) is 18.0. The molecule has 0 N–H and O–H groups in total. The molecule has 2 nitrogen and oxygen atoms in total. The van der Waals surface area contributed by atoms with Crippen LogP contribution in [-0.4, -0.2) is 0 Å². The SMILES string of the molecule is CC1(C)c2ccccc2-c2ccc(N(c3ccc(-c4ccc5c(c4)-c4ccccc4C54c5ccc6ccccc6c5Oc5c4ccc4ccccc54)cc3)c3cccc4sc5ccccc5c34)cc21. The van der Waals surface area contributed by atoms with Crippen LogP contribution in [-0.2, 0) is 10.8 Å². The average Bonchev–Trinajstić information content (AvgIpc) is 4.00. The van der Waals surface area contributed by atoms with Crippen LogP contribution in [0.2, 0.25) is 0 Å². The molecule has 324 valence electrons. The van der Waals surface area contributed by atoms with E-state index in [4.69, 9.17) is 4.74 Å². The second kappa shape index (κ2) is 14.1. The minimum absolute atomic E-state index is 0.125. The molecule has 2 heterocycles. The van der Waals surface area contributed by atoms with Crippen molar-refractivity contribution in [1.29, 1.82) is 0 Å². The topological polar surface area (TPSA) is 12.5 Å². The molecule has 0 fully saturated rings. The summed E-state index contributed by atoms with van der Waals surface area (Å²) < 4.78 is 9.78. The molecule has 3 aliphatic rings. The first kappa shape index (κ1) is 38.8. The van der Waals surface area contributed by atoms with Gasteiger partial charge in [0, 0.05) is 58.9 Å². The third kappa shape index (κ3) is 5.26. The molecule has 1 aliphatic heterocycles. The molecular formula is C66H43NOS. The number of fused-ring (bicyclic) bond motifs is 19. The molecular weight excluding hydrogens is 855 g/mol. The van der Waals surface area contributed by atoms with Gasteiger partial charge in [-0.2, -0.15) is 0 Å². The van der Waals surface area contributed by atoms with Gasteiger partial charge in [0.2, 0.25) is 0 Å². The fourth-order valence-electron chi connectivity index (χ4n) is 12.6. The molecule has 0 unspecified atom stereocenters. The van der Waals surface area contributed by atoms with Gasteiger partial charge in [-0.05, 0) is 115 Å². The van der Waals surface area contributed by atoms with Gasteiger partial charge in [0.05, 0.1) is 11.1 Å². The van der Waals surface area contributed by atoms with Gasteiger partial charge in [0.25, 0.3) is 0 Å². The molecule has 0 amide bonds. The van der Waals surface area contributed by atoms with Gasteiger partial charge in [0.15, 0.2) is 0 Å². The highest BCUT2D eigenvalue weighted by molar-refractivity contribution is 7.26. The smallest absolute Gasteiger partial charge is 0.140 e. The van der Waals surface area contributed by atoms with Crippen LogP contribution in [0.1, 0.15) is 47.2 Å². The quantitative estimate of drug-likeness (QED) is 0.175. The lowest BCUT2D eigenvalue weighted by atomic mass is 9.65. The average molecular weight is 898 g/mol. The van der Waals surface area contributed by atoms with Crippen molar-refractivity contribution in [3.05, 3.63) is 258 Å². The molecule has 0 saturated heterocycles. The Morgan fingerprint density at radius 3 is 1.67 bits per heavy atom. The van der Waals surface area contributed by atoms with Crippen molar-refractivity contribution < 1.29 is 4.74 Å². The van der Waals surface area contributed by atoms with E-state index < -0.39 is 5.41 Å². The van der Waals surface area contributed by atoms with E-state index in [1.807, 2.05) is 11.3 Å². The second-order valence-electron chi connectivity index (χ2n) is 19.5. The molecule has 2 aliphatic carbocycles. The maximum absolute atomic E-state index is 7.19. The summed E-state index contributed by atoms with van der Waals surface area (Å²) in [6.07, 6.45) is 0. The van der Waals surface area contributed by atoms with Crippen LogP contribution < -0.4 is 9.64 Å². The maximum Gasteiger partial charge on any atom is 0.140 e. The largest absolute Gasteiger partial charge is 0.455 e. The third-order valence-corrected chi connectivity index (χ3v) is 16.9. The maximum atomic E-state index is 7.19. The lowest BCUT2D eigenvalue weighted by molar-refractivity contribution is 0.447. The molecule has 3 heteroatoms. The zero-order valence-corrected chi connectivity index (χ0v) is 38.9. The highest BCUT2D eigenvalue weighted by Gasteiger charge is 2.52. The van der Waals surface area contributed by atoms with Gasteiger partial charge in [-0.3, -0.25) is 0 Å². The molecule has 0 bridgehead atoms. The minimum atomic E-state index is -0.579. The summed E-state index contributed by atoms with van der Waals surface area (Å²) in [6, 6.07) is 83.6. The van der Waals surface area contributed by atoms with E-state index in [2.05, 4.69) is 243 Å². The summed E-state index contributed by atoms with van der Waals surface area (Å²) in [4.78, 5) is 2.49. The number of rotatable bonds is 4. The van der Waals surface area contributed by atoms with E-state index in [0.717, 1.165) is 33.6 Å². The first-order valence-corrected chi connectivity index (χ1v) is 24.8. The Hall–Kier alpha value is -8.24. The first-order chi connectivity index (χ1) is 34.0. The van der Waals surface area contributed by atoms with Crippen molar-refractivity contribution >= 4 is 70.1 Å². The Labute approximate surface area is 405 Å². The molecule has 12 aromatic rings. The van der Waals surface area contributed by atoms with Gasteiger partial charge in [0.1, 0.15) is 11.5 Å². The van der Waals surface area contributed by atoms with Crippen LogP contribution in [0.25, 0.3) is 75.1 Å². The third-order valence-electron chi connectivity index (χ3n) is 15.7. The molecule has 1 aromatic heterocycles. The Bertz CT molecular complexity index is 4070. The predicted octanol–water partition coefficient (Wildman–Crippen LogP) is 18.3. The van der Waals surface area contributed by atoms with E-state index in [0.29, 0.717) is 0 Å². The van der Waals surface area contributed by atoms with Gasteiger partial charge in [-0.1, -0.05) is 190 Å². The van der Waals surface area contributed by atoms with Gasteiger partial charge >= 0.3 is 0 Å². The first-order valence-electron chi connectivity index (χ1n) is 24.0. The fourth-order valence-corrected chi connectivity index (χ4v) is 13.7. The van der Waals surface area contributed by atoms with E-state index >= 15 is 0 Å². The normalized spacial score (nSPS) is 14.3. The van der Waals surface area contributed by atoms with Crippen molar-refractivity contribution in [3.63, 3.8) is 0 Å². The molecule has 0 radical (unpaired) electrons. The summed E-state index contributed by atoms with van der Waals surface area (Å²) in [6.45, 7) is 4.74. The molecule has 0 saturated carbocycles. The molecule has 0 atom stereocenters. The number of thiophene rings is 1. The van der Waals surface area contributed by atoms with Crippen molar-refractivity contribution in [2.45, 2.75) is 24.7 Å². The van der Waals surface area contributed by atoms with Crippen molar-refractivity contribution in [3.8, 4) is 44.9 Å². The molecule has 69 heavy (non-hydrogen) atoms. The van der Waals surface area contributed by atoms with E-state index in [1.54, 1.807) is 0 Å². The van der Waals surface area contributed by atoms with E-state index in [9.17, 15) is 0 Å². The highest BCUT2D eigenvalue weighted by Crippen LogP contribution is 2.64. The minimum Gasteiger partial charge on any atom is -0.455 e. The van der Waals surface area contributed by atoms with Crippen LogP contribution in [0.15, 0.2) is 224 Å². The standard InChI is InChI=1S/C66H43NOS/c1-65(2)53-21-10-7-18-48(53)50-34-33-45(39-58(50)65)67(59-23-13-25-61-62(59)51-20-9-12-24-60(51)69-61)44-31-26-40(27-32-44)43-30-35-55-52(38-43)49-19-8-11-22-54(49)66(55)56-36-28-41-14-3-5-16-46(41)63(56)68-64-47-17-6-4-15-42(47)29-37-57(64)66/h3-39H,1-2H3. The van der Waals surface area contributed by atoms with Crippen LogP contribution in [0.5, 0.6) is 11.5 Å². The van der Waals surface area contributed by atoms with Crippen molar-refractivity contribution in [2.24, 2.45) is 0 Å². The zero-order valence-electron chi connectivity index (χ0n) is 38.1. The number of anilines is 3. The van der Waals surface area contributed by atoms with E-state index in [-0.39, 0.29) is 5.41 Å². The highest BCUT2D eigenvalue weighted by atomic mass is 32.1. The molecule has 11 aromatic carbocycles. The number of hydrogen-bond acceptors (Lipinski definition) is 3. The van der Waals surface area contributed by atoms with Gasteiger partial charge < -0.3 is 9.64 Å². The predicted molar refractivity (Wildman–Crippen MR) is 289 cm³/mol. The van der Waals surface area contributed by atoms with Crippen LogP contribution in [0.4, 0.5) is 17.1 Å². The van der Waals surface area contributed by atoms with Crippen LogP contribution in [0.3, 0.4) is 0 Å². The van der Waals surface area contributed by atoms with E-state index in [1.165, 1.54) is 103 Å². The van der Waals surface area contributed by atoms with Gasteiger partial charge in [-0.15, -0.1) is 11.3 Å². The Kier molecular flexibility index (Phi) is 7.96. The van der Waals surface area contributed by atoms with Crippen molar-refractivity contribution in [1.82, 2.24) is 0 Å². The number of benzene rings is 11. The Morgan fingerprint density at radius 1 is 0.377 bits per heavy atom. The van der Waals surface area contributed by atoms with Gasteiger partial charge in [-0.25, -0.2) is 0 Å². The number of hydrogen-bond donors (Lipinski definition) is 0. The van der Waals surface area contributed by atoms with Crippen LogP contribution >= 0.6 is 11.3 Å². The Morgan fingerprint density at radius 2 is 0.928 bits per heavy atom. The summed E-state index contributed by atoms with van der Waals surface area (Å²) >= 11 is 1.87. The van der Waals surface area contributed by atoms with Crippen LogP contribution in [0, 0.1) is 0 Å². The Balaban J connectivity index is 0.904. The fraction of sp³-hybridized carbons (Fsp3) is 0.0606. The number of ether oxygens (including phenoxy) is 1. The number of nitrogens with zero attached hydrogens (tertiary/aromatic N) is 1. The molecule has 15 rings (SSSR count). The molecule has 1 spiro atoms. The second-order valence-corrected chi connectivity index (χ2v) is 20.6. The lowest BCUT2D eigenvalue weighted by Crippen LogP contribution is -2.32. The lowest BCUT2D eigenvalue weighted by Gasteiger charge is -2.40. The summed E-state index contributed by atoms with van der Waals surface area (Å²) in [7, 11) is 0. The van der Waals surface area contributed by atoms with Crippen molar-refractivity contribution in [2.75, 3.05) is 4.90 Å². The zero-order chi connectivity index (χ0) is 45.6. The summed E-state index contributed by atoms with van der Waals surface area (Å²) in [5, 5.41) is 7.17. The summed E-state index contributed by atoms with van der Waals surface area (Å²) in [5.74, 6) is 1.87.